The van der Waals surface area contributed by atoms with Gasteiger partial charge >= 0.3 is 0 Å². The van der Waals surface area contributed by atoms with Crippen molar-refractivity contribution < 1.29 is 9.53 Å². The first-order valence-electron chi connectivity index (χ1n) is 8.82. The van der Waals surface area contributed by atoms with E-state index in [9.17, 15) is 4.79 Å². The van der Waals surface area contributed by atoms with Crippen LogP contribution in [0.1, 0.15) is 21.5 Å². The quantitative estimate of drug-likeness (QED) is 0.527. The average molecular weight is 356 g/mol. The fourth-order valence-corrected chi connectivity index (χ4v) is 3.18. The molecule has 0 unspecified atom stereocenters. The zero-order chi connectivity index (χ0) is 18.6. The molecule has 0 saturated heterocycles. The molecule has 2 N–H and O–H groups in total. The van der Waals surface area contributed by atoms with Crippen LogP contribution in [0.25, 0.3) is 10.9 Å². The highest BCUT2D eigenvalue weighted by Crippen LogP contribution is 2.20. The Morgan fingerprint density at radius 2 is 1.81 bits per heavy atom. The van der Waals surface area contributed by atoms with Crippen molar-refractivity contribution in [3.63, 3.8) is 0 Å². The first-order chi connectivity index (χ1) is 13.2. The van der Waals surface area contributed by atoms with Crippen LogP contribution in [0.3, 0.4) is 0 Å². The molecular formula is C23H20N2O2. The highest BCUT2D eigenvalue weighted by atomic mass is 16.5. The minimum absolute atomic E-state index is 0.133. The van der Waals surface area contributed by atoms with E-state index in [0.29, 0.717) is 17.0 Å². The van der Waals surface area contributed by atoms with E-state index < -0.39 is 0 Å². The smallest absolute Gasteiger partial charge is 0.255 e. The summed E-state index contributed by atoms with van der Waals surface area (Å²) in [6.07, 6.45) is 2.72. The van der Waals surface area contributed by atoms with Crippen LogP contribution in [0.5, 0.6) is 5.75 Å². The minimum Gasteiger partial charge on any atom is -0.497 e. The monoisotopic (exact) mass is 356 g/mol. The van der Waals surface area contributed by atoms with Gasteiger partial charge in [-0.05, 0) is 65.4 Å². The Labute approximate surface area is 157 Å². The van der Waals surface area contributed by atoms with Crippen molar-refractivity contribution in [2.45, 2.75) is 6.42 Å². The number of ether oxygens (including phenoxy) is 1. The van der Waals surface area contributed by atoms with Crippen molar-refractivity contribution in [1.82, 2.24) is 4.98 Å². The van der Waals surface area contributed by atoms with Gasteiger partial charge in [-0.1, -0.05) is 24.3 Å². The molecule has 1 aromatic heterocycles. The maximum Gasteiger partial charge on any atom is 0.255 e. The molecular weight excluding hydrogens is 336 g/mol. The molecule has 1 amide bonds. The first kappa shape index (κ1) is 16.9. The number of rotatable bonds is 5. The van der Waals surface area contributed by atoms with E-state index in [0.717, 1.165) is 17.5 Å². The summed E-state index contributed by atoms with van der Waals surface area (Å²) in [7, 11) is 1.61. The second-order valence-electron chi connectivity index (χ2n) is 6.46. The summed E-state index contributed by atoms with van der Waals surface area (Å²) in [5.74, 6) is 0.577. The second-order valence-corrected chi connectivity index (χ2v) is 6.46. The van der Waals surface area contributed by atoms with Crippen LogP contribution in [-0.4, -0.2) is 18.0 Å². The molecule has 0 bridgehead atoms. The third-order valence-corrected chi connectivity index (χ3v) is 4.54. The Morgan fingerprint density at radius 1 is 0.963 bits per heavy atom. The summed E-state index contributed by atoms with van der Waals surface area (Å²) in [6.45, 7) is 0. The number of anilines is 1. The van der Waals surface area contributed by atoms with Gasteiger partial charge < -0.3 is 15.0 Å². The van der Waals surface area contributed by atoms with Gasteiger partial charge in [0.05, 0.1) is 7.11 Å². The molecule has 0 aliphatic carbocycles. The van der Waals surface area contributed by atoms with Gasteiger partial charge in [0.15, 0.2) is 0 Å². The predicted molar refractivity (Wildman–Crippen MR) is 108 cm³/mol. The van der Waals surface area contributed by atoms with E-state index in [4.69, 9.17) is 4.74 Å². The van der Waals surface area contributed by atoms with Crippen LogP contribution in [0.4, 0.5) is 5.69 Å². The standard InChI is InChI=1S/C23H20N2O2/c1-27-21-7-3-6-20(15-21)25-23(26)19-5-2-4-16(14-19)12-17-8-9-22-18(13-17)10-11-24-22/h2-11,13-15,24H,12H2,1H3,(H,25,26). The number of nitrogens with one attached hydrogen (secondary N) is 2. The summed E-state index contributed by atoms with van der Waals surface area (Å²) in [5, 5.41) is 4.12. The van der Waals surface area contributed by atoms with E-state index >= 15 is 0 Å². The molecule has 0 fully saturated rings. The van der Waals surface area contributed by atoms with Crippen LogP contribution >= 0.6 is 0 Å². The molecule has 0 spiro atoms. The lowest BCUT2D eigenvalue weighted by Crippen LogP contribution is -2.12. The number of H-pyrrole nitrogens is 1. The van der Waals surface area contributed by atoms with Gasteiger partial charge in [-0.15, -0.1) is 0 Å². The number of carbonyl (C=O) groups is 1. The zero-order valence-corrected chi connectivity index (χ0v) is 15.0. The summed E-state index contributed by atoms with van der Waals surface area (Å²) >= 11 is 0. The van der Waals surface area contributed by atoms with Crippen LogP contribution < -0.4 is 10.1 Å². The van der Waals surface area contributed by atoms with Gasteiger partial charge in [-0.2, -0.15) is 0 Å². The van der Waals surface area contributed by atoms with Crippen molar-refractivity contribution in [2.75, 3.05) is 12.4 Å². The highest BCUT2D eigenvalue weighted by molar-refractivity contribution is 6.04. The van der Waals surface area contributed by atoms with Crippen LogP contribution in [0.2, 0.25) is 0 Å². The van der Waals surface area contributed by atoms with Crippen LogP contribution in [-0.2, 0) is 6.42 Å². The molecule has 0 atom stereocenters. The fourth-order valence-electron chi connectivity index (χ4n) is 3.18. The van der Waals surface area contributed by atoms with Crippen molar-refractivity contribution in [3.8, 4) is 5.75 Å². The van der Waals surface area contributed by atoms with E-state index in [-0.39, 0.29) is 5.91 Å². The van der Waals surface area contributed by atoms with Crippen molar-refractivity contribution in [1.29, 1.82) is 0 Å². The maximum atomic E-state index is 12.6. The summed E-state index contributed by atoms with van der Waals surface area (Å²) in [4.78, 5) is 15.8. The molecule has 134 valence electrons. The number of amides is 1. The molecule has 27 heavy (non-hydrogen) atoms. The second kappa shape index (κ2) is 7.38. The largest absolute Gasteiger partial charge is 0.497 e. The predicted octanol–water partition coefficient (Wildman–Crippen LogP) is 5.02. The van der Waals surface area contributed by atoms with Crippen molar-refractivity contribution in [2.24, 2.45) is 0 Å². The Balaban J connectivity index is 1.51. The molecule has 4 aromatic rings. The zero-order valence-electron chi connectivity index (χ0n) is 15.0. The number of methoxy groups -OCH3 is 1. The van der Waals surface area contributed by atoms with Gasteiger partial charge in [-0.25, -0.2) is 0 Å². The molecule has 1 heterocycles. The average Bonchev–Trinajstić information content (AvgIpc) is 3.16. The minimum atomic E-state index is -0.133. The number of benzene rings is 3. The summed E-state index contributed by atoms with van der Waals surface area (Å²) in [6, 6.07) is 23.5. The lowest BCUT2D eigenvalue weighted by atomic mass is 10.0. The van der Waals surface area contributed by atoms with E-state index in [2.05, 4.69) is 34.6 Å². The number of aromatic amines is 1. The SMILES string of the molecule is COc1cccc(NC(=O)c2cccc(Cc3ccc4[nH]ccc4c3)c2)c1. The van der Waals surface area contributed by atoms with Gasteiger partial charge in [0.2, 0.25) is 0 Å². The summed E-state index contributed by atoms with van der Waals surface area (Å²) in [5.41, 5.74) is 4.79. The first-order valence-corrected chi connectivity index (χ1v) is 8.82. The highest BCUT2D eigenvalue weighted by Gasteiger charge is 2.08. The number of carbonyl (C=O) groups excluding carboxylic acids is 1. The normalized spacial score (nSPS) is 10.7. The Bertz CT molecular complexity index is 1100. The van der Waals surface area contributed by atoms with Crippen LogP contribution in [0, 0.1) is 0 Å². The lowest BCUT2D eigenvalue weighted by molar-refractivity contribution is 0.102. The number of aromatic nitrogens is 1. The fraction of sp³-hybridized carbons (Fsp3) is 0.0870. The Morgan fingerprint density at radius 3 is 2.70 bits per heavy atom. The van der Waals surface area contributed by atoms with Crippen LogP contribution in [0.15, 0.2) is 79.0 Å². The topological polar surface area (TPSA) is 54.1 Å². The van der Waals surface area contributed by atoms with E-state index in [1.54, 1.807) is 13.2 Å². The molecule has 0 saturated carbocycles. The van der Waals surface area contributed by atoms with Crippen molar-refractivity contribution in [3.05, 3.63) is 95.7 Å². The van der Waals surface area contributed by atoms with Gasteiger partial charge in [0.1, 0.15) is 5.75 Å². The Kier molecular flexibility index (Phi) is 4.62. The Hall–Kier alpha value is -3.53. The van der Waals surface area contributed by atoms with E-state index in [1.165, 1.54) is 10.9 Å². The summed E-state index contributed by atoms with van der Waals surface area (Å²) < 4.78 is 5.20. The molecule has 4 heteroatoms. The molecule has 3 aromatic carbocycles. The van der Waals surface area contributed by atoms with E-state index in [1.807, 2.05) is 48.7 Å². The van der Waals surface area contributed by atoms with Gasteiger partial charge in [0, 0.05) is 29.0 Å². The van der Waals surface area contributed by atoms with Crippen molar-refractivity contribution >= 4 is 22.5 Å². The molecule has 4 nitrogen and oxygen atoms in total. The molecule has 4 rings (SSSR count). The number of hydrogen-bond acceptors (Lipinski definition) is 2. The third-order valence-electron chi connectivity index (χ3n) is 4.54. The molecule has 0 radical (unpaired) electrons. The molecule has 0 aliphatic heterocycles. The maximum absolute atomic E-state index is 12.6. The molecule has 0 aliphatic rings. The van der Waals surface area contributed by atoms with Gasteiger partial charge in [0.25, 0.3) is 5.91 Å². The van der Waals surface area contributed by atoms with Gasteiger partial charge in [-0.3, -0.25) is 4.79 Å². The third kappa shape index (κ3) is 3.85. The lowest BCUT2D eigenvalue weighted by Gasteiger charge is -2.09. The number of hydrogen-bond donors (Lipinski definition) is 2. The number of fused-ring (bicyclic) bond motifs is 1.